The van der Waals surface area contributed by atoms with E-state index in [0.717, 1.165) is 10.9 Å². The van der Waals surface area contributed by atoms with E-state index in [-0.39, 0.29) is 17.4 Å². The van der Waals surface area contributed by atoms with Crippen molar-refractivity contribution in [3.63, 3.8) is 0 Å². The number of benzene rings is 1. The number of carbonyl (C=O) groups is 1. The standard InChI is InChI=1S/C14H16BrN3O2/c1-3-9(2)14(20)16-12-8-13(19)18(17-12)11-6-4-10(15)5-7-11/h4-9,17H,3H2,1-2H3,(H,16,20). The molecule has 1 aromatic heterocycles. The Morgan fingerprint density at radius 2 is 2.05 bits per heavy atom. The number of aromatic amines is 1. The molecule has 0 bridgehead atoms. The fraction of sp³-hybridized carbons (Fsp3) is 0.286. The third kappa shape index (κ3) is 3.19. The van der Waals surface area contributed by atoms with Crippen LogP contribution in [-0.2, 0) is 4.79 Å². The number of carbonyl (C=O) groups excluding carboxylic acids is 1. The number of amides is 1. The van der Waals surface area contributed by atoms with Crippen LogP contribution in [0.15, 0.2) is 39.6 Å². The van der Waals surface area contributed by atoms with Gasteiger partial charge in [-0.2, -0.15) is 0 Å². The maximum Gasteiger partial charge on any atom is 0.273 e. The Morgan fingerprint density at radius 3 is 2.65 bits per heavy atom. The van der Waals surface area contributed by atoms with Crippen LogP contribution in [0.2, 0.25) is 0 Å². The highest BCUT2D eigenvalue weighted by molar-refractivity contribution is 9.10. The SMILES string of the molecule is CCC(C)C(=O)Nc1cc(=O)n(-c2ccc(Br)cc2)[nH]1. The Labute approximate surface area is 125 Å². The van der Waals surface area contributed by atoms with Gasteiger partial charge in [-0.25, -0.2) is 4.68 Å². The molecule has 1 unspecified atom stereocenters. The number of nitrogens with one attached hydrogen (secondary N) is 2. The quantitative estimate of drug-likeness (QED) is 0.900. The number of hydrogen-bond donors (Lipinski definition) is 2. The Balaban J connectivity index is 2.24. The van der Waals surface area contributed by atoms with Crippen molar-refractivity contribution in [2.24, 2.45) is 5.92 Å². The summed E-state index contributed by atoms with van der Waals surface area (Å²) in [6.45, 7) is 3.79. The maximum absolute atomic E-state index is 11.9. The molecule has 2 N–H and O–H groups in total. The lowest BCUT2D eigenvalue weighted by molar-refractivity contribution is -0.119. The highest BCUT2D eigenvalue weighted by Gasteiger charge is 2.13. The number of rotatable bonds is 4. The molecule has 1 amide bonds. The van der Waals surface area contributed by atoms with Crippen molar-refractivity contribution in [1.29, 1.82) is 0 Å². The Kier molecular flexibility index (Phi) is 4.44. The van der Waals surface area contributed by atoms with Crippen LogP contribution in [0.4, 0.5) is 5.82 Å². The van der Waals surface area contributed by atoms with E-state index in [9.17, 15) is 9.59 Å². The largest absolute Gasteiger partial charge is 0.311 e. The van der Waals surface area contributed by atoms with Crippen molar-refractivity contribution in [1.82, 2.24) is 9.78 Å². The van der Waals surface area contributed by atoms with Gasteiger partial charge < -0.3 is 5.32 Å². The lowest BCUT2D eigenvalue weighted by Gasteiger charge is -2.08. The lowest BCUT2D eigenvalue weighted by Crippen LogP contribution is -2.20. The predicted octanol–water partition coefficient (Wildman–Crippen LogP) is 2.91. The summed E-state index contributed by atoms with van der Waals surface area (Å²) in [6, 6.07) is 8.69. The Hall–Kier alpha value is -1.82. The summed E-state index contributed by atoms with van der Waals surface area (Å²) < 4.78 is 2.32. The topological polar surface area (TPSA) is 66.9 Å². The van der Waals surface area contributed by atoms with E-state index in [1.54, 1.807) is 0 Å². The number of H-pyrrole nitrogens is 1. The molecule has 0 saturated carbocycles. The molecular weight excluding hydrogens is 322 g/mol. The summed E-state index contributed by atoms with van der Waals surface area (Å²) in [7, 11) is 0. The fourth-order valence-electron chi connectivity index (χ4n) is 1.68. The van der Waals surface area contributed by atoms with Crippen molar-refractivity contribution in [2.45, 2.75) is 20.3 Å². The van der Waals surface area contributed by atoms with Crippen LogP contribution >= 0.6 is 15.9 Å². The monoisotopic (exact) mass is 337 g/mol. The molecule has 0 saturated heterocycles. The van der Waals surface area contributed by atoms with E-state index in [2.05, 4.69) is 26.3 Å². The van der Waals surface area contributed by atoms with Gasteiger partial charge in [0.1, 0.15) is 5.82 Å². The molecular formula is C14H16BrN3O2. The molecule has 106 valence electrons. The summed E-state index contributed by atoms with van der Waals surface area (Å²) in [5, 5.41) is 5.59. The number of aromatic nitrogens is 2. The molecule has 20 heavy (non-hydrogen) atoms. The number of hydrogen-bond acceptors (Lipinski definition) is 2. The van der Waals surface area contributed by atoms with Crippen molar-refractivity contribution in [2.75, 3.05) is 5.32 Å². The first-order chi connectivity index (χ1) is 9.51. The third-order valence-corrected chi connectivity index (χ3v) is 3.65. The molecule has 6 heteroatoms. The molecule has 1 aromatic carbocycles. The van der Waals surface area contributed by atoms with Crippen LogP contribution in [-0.4, -0.2) is 15.7 Å². The van der Waals surface area contributed by atoms with E-state index >= 15 is 0 Å². The average molecular weight is 338 g/mol. The second kappa shape index (κ2) is 6.09. The minimum absolute atomic E-state index is 0.0884. The van der Waals surface area contributed by atoms with Gasteiger partial charge in [-0.05, 0) is 30.7 Å². The highest BCUT2D eigenvalue weighted by atomic mass is 79.9. The maximum atomic E-state index is 11.9. The molecule has 0 radical (unpaired) electrons. The molecule has 0 aliphatic heterocycles. The first-order valence-electron chi connectivity index (χ1n) is 6.40. The Bertz CT molecular complexity index is 658. The van der Waals surface area contributed by atoms with Gasteiger partial charge in [-0.1, -0.05) is 29.8 Å². The molecule has 5 nitrogen and oxygen atoms in total. The molecule has 1 atom stereocenters. The zero-order valence-corrected chi connectivity index (χ0v) is 12.9. The molecule has 0 aliphatic rings. The van der Waals surface area contributed by atoms with Crippen LogP contribution in [0.5, 0.6) is 0 Å². The molecule has 0 fully saturated rings. The van der Waals surface area contributed by atoms with Gasteiger partial charge in [0, 0.05) is 16.5 Å². The number of nitrogens with zero attached hydrogens (tertiary/aromatic N) is 1. The first-order valence-corrected chi connectivity index (χ1v) is 7.19. The summed E-state index contributed by atoms with van der Waals surface area (Å²) in [4.78, 5) is 23.7. The van der Waals surface area contributed by atoms with E-state index < -0.39 is 0 Å². The third-order valence-electron chi connectivity index (χ3n) is 3.12. The van der Waals surface area contributed by atoms with Crippen LogP contribution in [0.3, 0.4) is 0 Å². The van der Waals surface area contributed by atoms with E-state index in [1.807, 2.05) is 38.1 Å². The van der Waals surface area contributed by atoms with Gasteiger partial charge in [0.15, 0.2) is 0 Å². The zero-order chi connectivity index (χ0) is 14.7. The average Bonchev–Trinajstić information content (AvgIpc) is 2.79. The summed E-state index contributed by atoms with van der Waals surface area (Å²) in [5.41, 5.74) is 0.494. The van der Waals surface area contributed by atoms with Gasteiger partial charge in [0.25, 0.3) is 5.56 Å². The van der Waals surface area contributed by atoms with Crippen LogP contribution < -0.4 is 10.9 Å². The second-order valence-corrected chi connectivity index (χ2v) is 5.53. The highest BCUT2D eigenvalue weighted by Crippen LogP contribution is 2.13. The number of anilines is 1. The second-order valence-electron chi connectivity index (χ2n) is 4.62. The van der Waals surface area contributed by atoms with Gasteiger partial charge in [-0.15, -0.1) is 0 Å². The summed E-state index contributed by atoms with van der Waals surface area (Å²) >= 11 is 3.34. The normalized spacial score (nSPS) is 12.2. The zero-order valence-electron chi connectivity index (χ0n) is 11.3. The molecule has 2 aromatic rings. The Morgan fingerprint density at radius 1 is 1.40 bits per heavy atom. The fourth-order valence-corrected chi connectivity index (χ4v) is 1.95. The molecule has 1 heterocycles. The van der Waals surface area contributed by atoms with Crippen molar-refractivity contribution < 1.29 is 4.79 Å². The van der Waals surface area contributed by atoms with Crippen LogP contribution in [0.1, 0.15) is 20.3 Å². The summed E-state index contributed by atoms with van der Waals surface area (Å²) in [5.74, 6) is 0.217. The molecule has 0 spiro atoms. The minimum atomic E-state index is -0.216. The number of halogens is 1. The van der Waals surface area contributed by atoms with E-state index in [4.69, 9.17) is 0 Å². The minimum Gasteiger partial charge on any atom is -0.311 e. The van der Waals surface area contributed by atoms with Gasteiger partial charge >= 0.3 is 0 Å². The molecule has 2 rings (SSSR count). The van der Waals surface area contributed by atoms with E-state index in [1.165, 1.54) is 10.7 Å². The van der Waals surface area contributed by atoms with Crippen LogP contribution in [0.25, 0.3) is 5.69 Å². The van der Waals surface area contributed by atoms with Gasteiger partial charge in [-0.3, -0.25) is 14.7 Å². The van der Waals surface area contributed by atoms with Crippen molar-refractivity contribution in [3.8, 4) is 5.69 Å². The lowest BCUT2D eigenvalue weighted by atomic mass is 10.1. The smallest absolute Gasteiger partial charge is 0.273 e. The van der Waals surface area contributed by atoms with Gasteiger partial charge in [0.05, 0.1) is 5.69 Å². The first kappa shape index (κ1) is 14.6. The molecule has 0 aliphatic carbocycles. The van der Waals surface area contributed by atoms with Gasteiger partial charge in [0.2, 0.25) is 5.91 Å². The predicted molar refractivity (Wildman–Crippen MR) is 82.2 cm³/mol. The van der Waals surface area contributed by atoms with Crippen molar-refractivity contribution >= 4 is 27.7 Å². The van der Waals surface area contributed by atoms with Crippen LogP contribution in [0, 0.1) is 5.92 Å². The van der Waals surface area contributed by atoms with E-state index in [0.29, 0.717) is 11.5 Å². The van der Waals surface area contributed by atoms with Crippen molar-refractivity contribution in [3.05, 3.63) is 45.2 Å². The summed E-state index contributed by atoms with van der Waals surface area (Å²) in [6.07, 6.45) is 0.753.